The van der Waals surface area contributed by atoms with E-state index in [9.17, 15) is 10.1 Å². The van der Waals surface area contributed by atoms with Gasteiger partial charge in [0, 0.05) is 14.1 Å². The lowest BCUT2D eigenvalue weighted by Crippen LogP contribution is -2.13. The summed E-state index contributed by atoms with van der Waals surface area (Å²) in [6, 6.07) is 0. The zero-order valence-corrected chi connectivity index (χ0v) is 9.21. The molecule has 0 aliphatic heterocycles. The van der Waals surface area contributed by atoms with Crippen molar-refractivity contribution in [1.82, 2.24) is 4.98 Å². The van der Waals surface area contributed by atoms with Crippen LogP contribution in [0.25, 0.3) is 0 Å². The van der Waals surface area contributed by atoms with E-state index >= 15 is 0 Å². The minimum atomic E-state index is -0.461. The van der Waals surface area contributed by atoms with Gasteiger partial charge in [-0.2, -0.15) is 0 Å². The average Bonchev–Trinajstić information content (AvgIpc) is 3.01. The molecule has 16 heavy (non-hydrogen) atoms. The molecular formula is C10H13N3O3. The van der Waals surface area contributed by atoms with E-state index in [1.165, 1.54) is 6.20 Å². The van der Waals surface area contributed by atoms with E-state index < -0.39 is 4.92 Å². The number of hydrogen-bond donors (Lipinski definition) is 0. The minimum Gasteiger partial charge on any atom is -0.482 e. The van der Waals surface area contributed by atoms with Gasteiger partial charge in [-0.25, -0.2) is 0 Å². The SMILES string of the molecule is CN(C)c1cncc([N+](=O)[O-])c1OC1CC1. The van der Waals surface area contributed by atoms with Crippen molar-refractivity contribution >= 4 is 11.4 Å². The molecule has 1 fully saturated rings. The molecule has 0 bridgehead atoms. The van der Waals surface area contributed by atoms with Crippen LogP contribution in [0.2, 0.25) is 0 Å². The highest BCUT2D eigenvalue weighted by molar-refractivity contribution is 5.65. The molecule has 6 nitrogen and oxygen atoms in total. The molecule has 86 valence electrons. The first-order valence-electron chi connectivity index (χ1n) is 5.06. The Balaban J connectivity index is 2.42. The molecule has 0 aromatic carbocycles. The van der Waals surface area contributed by atoms with Crippen molar-refractivity contribution in [2.75, 3.05) is 19.0 Å². The summed E-state index contributed by atoms with van der Waals surface area (Å²) in [7, 11) is 3.61. The molecule has 1 saturated carbocycles. The molecule has 1 heterocycles. The Morgan fingerprint density at radius 3 is 2.69 bits per heavy atom. The topological polar surface area (TPSA) is 68.5 Å². The lowest BCUT2D eigenvalue weighted by atomic mass is 10.3. The monoisotopic (exact) mass is 223 g/mol. The number of anilines is 1. The number of rotatable bonds is 4. The van der Waals surface area contributed by atoms with Crippen LogP contribution < -0.4 is 9.64 Å². The summed E-state index contributed by atoms with van der Waals surface area (Å²) >= 11 is 0. The molecule has 1 aliphatic rings. The first-order valence-corrected chi connectivity index (χ1v) is 5.06. The van der Waals surface area contributed by atoms with Gasteiger partial charge in [0.25, 0.3) is 0 Å². The predicted octanol–water partition coefficient (Wildman–Crippen LogP) is 1.60. The van der Waals surface area contributed by atoms with E-state index in [4.69, 9.17) is 4.74 Å². The fraction of sp³-hybridized carbons (Fsp3) is 0.500. The first-order chi connectivity index (χ1) is 7.59. The standard InChI is InChI=1S/C10H13N3O3/c1-12(2)8-5-11-6-9(13(14)15)10(8)16-7-3-4-7/h5-7H,3-4H2,1-2H3. The second kappa shape index (κ2) is 3.96. The summed E-state index contributed by atoms with van der Waals surface area (Å²) in [6.07, 6.45) is 4.86. The van der Waals surface area contributed by atoms with Gasteiger partial charge >= 0.3 is 5.69 Å². The van der Waals surface area contributed by atoms with Crippen LogP contribution in [0.3, 0.4) is 0 Å². The highest BCUT2D eigenvalue weighted by atomic mass is 16.6. The maximum atomic E-state index is 10.9. The van der Waals surface area contributed by atoms with Gasteiger partial charge in [-0.3, -0.25) is 15.1 Å². The Bertz CT molecular complexity index is 416. The van der Waals surface area contributed by atoms with Crippen molar-refractivity contribution in [3.63, 3.8) is 0 Å². The van der Waals surface area contributed by atoms with Gasteiger partial charge in [-0.15, -0.1) is 0 Å². The van der Waals surface area contributed by atoms with Crippen LogP contribution in [-0.2, 0) is 0 Å². The first kappa shape index (κ1) is 10.7. The smallest absolute Gasteiger partial charge is 0.331 e. The average molecular weight is 223 g/mol. The van der Waals surface area contributed by atoms with Gasteiger partial charge in [0.15, 0.2) is 0 Å². The molecule has 1 aromatic heterocycles. The van der Waals surface area contributed by atoms with Crippen LogP contribution in [-0.4, -0.2) is 30.1 Å². The van der Waals surface area contributed by atoms with Crippen LogP contribution >= 0.6 is 0 Å². The summed E-state index contributed by atoms with van der Waals surface area (Å²) in [5.74, 6) is 0.326. The molecular weight excluding hydrogens is 210 g/mol. The van der Waals surface area contributed by atoms with Crippen molar-refractivity contribution < 1.29 is 9.66 Å². The lowest BCUT2D eigenvalue weighted by molar-refractivity contribution is -0.386. The lowest BCUT2D eigenvalue weighted by Gasteiger charge is -2.16. The fourth-order valence-electron chi connectivity index (χ4n) is 1.35. The van der Waals surface area contributed by atoms with Gasteiger partial charge in [-0.05, 0) is 12.8 Å². The van der Waals surface area contributed by atoms with Crippen molar-refractivity contribution in [2.24, 2.45) is 0 Å². The maximum Gasteiger partial charge on any atom is 0.331 e. The van der Waals surface area contributed by atoms with Gasteiger partial charge in [-0.1, -0.05) is 0 Å². The zero-order valence-electron chi connectivity index (χ0n) is 9.21. The molecule has 6 heteroatoms. The third-order valence-corrected chi connectivity index (χ3v) is 2.35. The van der Waals surface area contributed by atoms with Crippen molar-refractivity contribution in [3.8, 4) is 5.75 Å². The Kier molecular flexibility index (Phi) is 2.64. The molecule has 2 rings (SSSR count). The third-order valence-electron chi connectivity index (χ3n) is 2.35. The number of nitro groups is 1. The highest BCUT2D eigenvalue weighted by Gasteiger charge is 2.30. The molecule has 0 spiro atoms. The van der Waals surface area contributed by atoms with Crippen molar-refractivity contribution in [1.29, 1.82) is 0 Å². The summed E-state index contributed by atoms with van der Waals surface area (Å²) in [5, 5.41) is 10.9. The van der Waals surface area contributed by atoms with E-state index in [0.29, 0.717) is 11.4 Å². The van der Waals surface area contributed by atoms with Crippen LogP contribution in [0, 0.1) is 10.1 Å². The van der Waals surface area contributed by atoms with Gasteiger partial charge in [0.1, 0.15) is 11.9 Å². The Labute approximate surface area is 93.0 Å². The number of aromatic nitrogens is 1. The quantitative estimate of drug-likeness (QED) is 0.572. The molecule has 1 aliphatic carbocycles. The summed E-state index contributed by atoms with van der Waals surface area (Å²) in [4.78, 5) is 16.0. The van der Waals surface area contributed by atoms with Gasteiger partial charge < -0.3 is 9.64 Å². The van der Waals surface area contributed by atoms with Crippen molar-refractivity contribution in [3.05, 3.63) is 22.5 Å². The predicted molar refractivity (Wildman–Crippen MR) is 58.9 cm³/mol. The number of pyridine rings is 1. The summed E-state index contributed by atoms with van der Waals surface area (Å²) in [6.45, 7) is 0. The Morgan fingerprint density at radius 2 is 2.19 bits per heavy atom. The van der Waals surface area contributed by atoms with E-state index in [2.05, 4.69) is 4.98 Å². The van der Waals surface area contributed by atoms with Crippen LogP contribution in [0.15, 0.2) is 12.4 Å². The number of nitrogens with zero attached hydrogens (tertiary/aromatic N) is 3. The zero-order chi connectivity index (χ0) is 11.7. The fourth-order valence-corrected chi connectivity index (χ4v) is 1.35. The van der Waals surface area contributed by atoms with E-state index in [-0.39, 0.29) is 11.8 Å². The van der Waals surface area contributed by atoms with Gasteiger partial charge in [0.05, 0.1) is 17.2 Å². The summed E-state index contributed by atoms with van der Waals surface area (Å²) < 4.78 is 5.59. The Hall–Kier alpha value is -1.85. The molecule has 0 amide bonds. The normalized spacial score (nSPS) is 14.6. The van der Waals surface area contributed by atoms with Crippen LogP contribution in [0.1, 0.15) is 12.8 Å². The van der Waals surface area contributed by atoms with Crippen LogP contribution in [0.4, 0.5) is 11.4 Å². The second-order valence-electron chi connectivity index (χ2n) is 3.98. The van der Waals surface area contributed by atoms with E-state index in [0.717, 1.165) is 12.8 Å². The second-order valence-corrected chi connectivity index (χ2v) is 3.98. The molecule has 1 aromatic rings. The molecule has 0 radical (unpaired) electrons. The van der Waals surface area contributed by atoms with E-state index in [1.54, 1.807) is 25.2 Å². The molecule has 0 unspecified atom stereocenters. The molecule has 0 saturated heterocycles. The van der Waals surface area contributed by atoms with Crippen LogP contribution in [0.5, 0.6) is 5.75 Å². The number of ether oxygens (including phenoxy) is 1. The van der Waals surface area contributed by atoms with Gasteiger partial charge in [0.2, 0.25) is 5.75 Å². The molecule has 0 N–H and O–H groups in total. The summed E-state index contributed by atoms with van der Waals surface area (Å²) in [5.41, 5.74) is 0.569. The highest BCUT2D eigenvalue weighted by Crippen LogP contribution is 2.39. The largest absolute Gasteiger partial charge is 0.482 e. The minimum absolute atomic E-state index is 0.0712. The number of hydrogen-bond acceptors (Lipinski definition) is 5. The maximum absolute atomic E-state index is 10.9. The third kappa shape index (κ3) is 2.05. The van der Waals surface area contributed by atoms with E-state index in [1.807, 2.05) is 0 Å². The molecule has 0 atom stereocenters. The Morgan fingerprint density at radius 1 is 1.50 bits per heavy atom. The van der Waals surface area contributed by atoms with Crippen molar-refractivity contribution in [2.45, 2.75) is 18.9 Å².